The molecule has 124 valence electrons. The number of hydrogen-bond donors (Lipinski definition) is 1. The van der Waals surface area contributed by atoms with Crippen LogP contribution in [0.4, 0.5) is 0 Å². The van der Waals surface area contributed by atoms with Crippen LogP contribution < -0.4 is 10.5 Å². The second kappa shape index (κ2) is 8.95. The summed E-state index contributed by atoms with van der Waals surface area (Å²) in [5.41, 5.74) is 6.80. The number of amides is 1. The molecule has 0 radical (unpaired) electrons. The van der Waals surface area contributed by atoms with Crippen molar-refractivity contribution in [2.24, 2.45) is 5.73 Å². The third kappa shape index (κ3) is 4.58. The van der Waals surface area contributed by atoms with Gasteiger partial charge in [0, 0.05) is 13.7 Å². The molecule has 1 aromatic rings. The number of carbonyl (C=O) groups is 1. The Labute approximate surface area is 136 Å². The molecule has 0 aromatic heterocycles. The minimum absolute atomic E-state index is 0. The van der Waals surface area contributed by atoms with E-state index in [9.17, 15) is 4.79 Å². The van der Waals surface area contributed by atoms with Crippen molar-refractivity contribution in [3.05, 3.63) is 29.8 Å². The van der Waals surface area contributed by atoms with E-state index < -0.39 is 6.04 Å². The maximum atomic E-state index is 12.2. The average molecular weight is 331 g/mol. The average Bonchev–Trinajstić information content (AvgIpc) is 2.54. The van der Waals surface area contributed by atoms with Gasteiger partial charge < -0.3 is 24.8 Å². The first-order valence-corrected chi connectivity index (χ1v) is 6.94. The number of ether oxygens (including phenoxy) is 3. The Hall–Kier alpha value is -1.34. The molecule has 0 spiro atoms. The van der Waals surface area contributed by atoms with E-state index >= 15 is 0 Å². The molecule has 1 saturated heterocycles. The predicted molar refractivity (Wildman–Crippen MR) is 85.4 cm³/mol. The summed E-state index contributed by atoms with van der Waals surface area (Å²) in [6.07, 6.45) is -0.160. The van der Waals surface area contributed by atoms with E-state index in [2.05, 4.69) is 0 Å². The highest BCUT2D eigenvalue weighted by Crippen LogP contribution is 2.25. The molecule has 1 heterocycles. The number of carbonyl (C=O) groups excluding carboxylic acids is 1. The number of hydrogen-bond acceptors (Lipinski definition) is 5. The number of halogens is 1. The Morgan fingerprint density at radius 3 is 2.95 bits per heavy atom. The SMILES string of the molecule is COCC(N)C(=O)N1CCOC(c2cccc(OC)c2)C1.Cl. The van der Waals surface area contributed by atoms with Crippen LogP contribution in [-0.2, 0) is 14.3 Å². The lowest BCUT2D eigenvalue weighted by molar-refractivity contribution is -0.141. The highest BCUT2D eigenvalue weighted by molar-refractivity contribution is 5.85. The molecule has 1 aliphatic heterocycles. The fourth-order valence-electron chi connectivity index (χ4n) is 2.38. The van der Waals surface area contributed by atoms with Crippen LogP contribution in [0.3, 0.4) is 0 Å². The summed E-state index contributed by atoms with van der Waals surface area (Å²) in [7, 11) is 3.16. The van der Waals surface area contributed by atoms with E-state index in [1.54, 1.807) is 12.0 Å². The van der Waals surface area contributed by atoms with E-state index in [4.69, 9.17) is 19.9 Å². The number of morpholine rings is 1. The summed E-state index contributed by atoms with van der Waals surface area (Å²) in [5, 5.41) is 0. The molecular formula is C15H23ClN2O4. The molecular weight excluding hydrogens is 308 g/mol. The molecule has 2 N–H and O–H groups in total. The second-order valence-electron chi connectivity index (χ2n) is 4.98. The molecule has 1 fully saturated rings. The van der Waals surface area contributed by atoms with Gasteiger partial charge in [0.25, 0.3) is 0 Å². The van der Waals surface area contributed by atoms with Crippen LogP contribution in [0.5, 0.6) is 5.75 Å². The quantitative estimate of drug-likeness (QED) is 0.871. The van der Waals surface area contributed by atoms with E-state index in [0.717, 1.165) is 11.3 Å². The summed E-state index contributed by atoms with van der Waals surface area (Å²) < 4.78 is 15.9. The van der Waals surface area contributed by atoms with Gasteiger partial charge >= 0.3 is 0 Å². The molecule has 2 unspecified atom stereocenters. The Morgan fingerprint density at radius 1 is 1.50 bits per heavy atom. The minimum Gasteiger partial charge on any atom is -0.497 e. The third-order valence-corrected chi connectivity index (χ3v) is 3.51. The summed E-state index contributed by atoms with van der Waals surface area (Å²) in [5.74, 6) is 0.670. The van der Waals surface area contributed by atoms with Gasteiger partial charge in [-0.2, -0.15) is 0 Å². The highest BCUT2D eigenvalue weighted by atomic mass is 35.5. The zero-order chi connectivity index (χ0) is 15.2. The summed E-state index contributed by atoms with van der Waals surface area (Å²) in [6.45, 7) is 1.76. The first kappa shape index (κ1) is 18.7. The van der Waals surface area contributed by atoms with Crippen LogP contribution in [0.1, 0.15) is 11.7 Å². The van der Waals surface area contributed by atoms with E-state index in [1.807, 2.05) is 24.3 Å². The van der Waals surface area contributed by atoms with Crippen molar-refractivity contribution in [3.8, 4) is 5.75 Å². The van der Waals surface area contributed by atoms with Crippen molar-refractivity contribution in [3.63, 3.8) is 0 Å². The van der Waals surface area contributed by atoms with Gasteiger partial charge in [0.15, 0.2) is 0 Å². The van der Waals surface area contributed by atoms with Crippen molar-refractivity contribution in [2.45, 2.75) is 12.1 Å². The van der Waals surface area contributed by atoms with Gasteiger partial charge in [-0.15, -0.1) is 12.4 Å². The molecule has 0 bridgehead atoms. The van der Waals surface area contributed by atoms with Crippen LogP contribution in [0.15, 0.2) is 24.3 Å². The van der Waals surface area contributed by atoms with Gasteiger partial charge in [0.2, 0.25) is 5.91 Å². The Balaban J connectivity index is 0.00000242. The summed E-state index contributed by atoms with van der Waals surface area (Å²) in [4.78, 5) is 14.0. The lowest BCUT2D eigenvalue weighted by Gasteiger charge is -2.34. The molecule has 1 amide bonds. The van der Waals surface area contributed by atoms with Crippen molar-refractivity contribution in [2.75, 3.05) is 40.5 Å². The third-order valence-electron chi connectivity index (χ3n) is 3.51. The minimum atomic E-state index is -0.626. The van der Waals surface area contributed by atoms with Crippen molar-refractivity contribution >= 4 is 18.3 Å². The highest BCUT2D eigenvalue weighted by Gasteiger charge is 2.28. The maximum absolute atomic E-state index is 12.2. The fourth-order valence-corrected chi connectivity index (χ4v) is 2.38. The molecule has 1 aliphatic rings. The molecule has 0 aliphatic carbocycles. The zero-order valence-electron chi connectivity index (χ0n) is 12.9. The second-order valence-corrected chi connectivity index (χ2v) is 4.98. The molecule has 7 heteroatoms. The lowest BCUT2D eigenvalue weighted by Crippen LogP contribution is -2.50. The number of nitrogens with two attached hydrogens (primary N) is 1. The summed E-state index contributed by atoms with van der Waals surface area (Å²) >= 11 is 0. The summed E-state index contributed by atoms with van der Waals surface area (Å²) in [6, 6.07) is 7.06. The van der Waals surface area contributed by atoms with Gasteiger partial charge in [-0.3, -0.25) is 4.79 Å². The van der Waals surface area contributed by atoms with Gasteiger partial charge in [-0.25, -0.2) is 0 Å². The molecule has 2 atom stereocenters. The Bertz CT molecular complexity index is 486. The van der Waals surface area contributed by atoms with Crippen LogP contribution in [0.25, 0.3) is 0 Å². The fraction of sp³-hybridized carbons (Fsp3) is 0.533. The first-order valence-electron chi connectivity index (χ1n) is 6.94. The van der Waals surface area contributed by atoms with E-state index in [0.29, 0.717) is 19.7 Å². The standard InChI is InChI=1S/C15H22N2O4.ClH/c1-19-10-13(16)15(18)17-6-7-21-14(9-17)11-4-3-5-12(8-11)20-2;/h3-5,8,13-14H,6-7,9-10,16H2,1-2H3;1H. The van der Waals surface area contributed by atoms with Crippen molar-refractivity contribution in [1.82, 2.24) is 4.90 Å². The van der Waals surface area contributed by atoms with Gasteiger partial charge in [0.1, 0.15) is 17.9 Å². The predicted octanol–water partition coefficient (Wildman–Crippen LogP) is 0.991. The van der Waals surface area contributed by atoms with Crippen molar-refractivity contribution < 1.29 is 19.0 Å². The lowest BCUT2D eigenvalue weighted by atomic mass is 10.1. The molecule has 2 rings (SSSR count). The van der Waals surface area contributed by atoms with Crippen LogP contribution in [-0.4, -0.2) is 57.4 Å². The van der Waals surface area contributed by atoms with Gasteiger partial charge in [0.05, 0.1) is 26.9 Å². The molecule has 0 saturated carbocycles. The molecule has 22 heavy (non-hydrogen) atoms. The monoisotopic (exact) mass is 330 g/mol. The Morgan fingerprint density at radius 2 is 2.27 bits per heavy atom. The van der Waals surface area contributed by atoms with Crippen LogP contribution in [0.2, 0.25) is 0 Å². The molecule has 6 nitrogen and oxygen atoms in total. The van der Waals surface area contributed by atoms with Crippen LogP contribution in [0, 0.1) is 0 Å². The smallest absolute Gasteiger partial charge is 0.242 e. The Kier molecular flexibility index (Phi) is 7.61. The number of rotatable bonds is 5. The van der Waals surface area contributed by atoms with E-state index in [-0.39, 0.29) is 31.0 Å². The number of nitrogens with zero attached hydrogens (tertiary/aromatic N) is 1. The topological polar surface area (TPSA) is 74.0 Å². The zero-order valence-corrected chi connectivity index (χ0v) is 13.7. The van der Waals surface area contributed by atoms with Gasteiger partial charge in [-0.05, 0) is 17.7 Å². The van der Waals surface area contributed by atoms with Crippen molar-refractivity contribution in [1.29, 1.82) is 0 Å². The van der Waals surface area contributed by atoms with E-state index in [1.165, 1.54) is 7.11 Å². The number of methoxy groups -OCH3 is 2. The number of benzene rings is 1. The first-order chi connectivity index (χ1) is 10.2. The maximum Gasteiger partial charge on any atom is 0.242 e. The van der Waals surface area contributed by atoms with Crippen LogP contribution >= 0.6 is 12.4 Å². The molecule has 1 aromatic carbocycles. The largest absolute Gasteiger partial charge is 0.497 e. The normalized spacial score (nSPS) is 19.2. The van der Waals surface area contributed by atoms with Gasteiger partial charge in [-0.1, -0.05) is 12.1 Å².